The number of rotatable bonds is 4. The van der Waals surface area contributed by atoms with Crippen molar-refractivity contribution in [2.24, 2.45) is 0 Å². The van der Waals surface area contributed by atoms with Gasteiger partial charge in [0.15, 0.2) is 0 Å². The van der Waals surface area contributed by atoms with Crippen LogP contribution in [0.5, 0.6) is 0 Å². The highest BCUT2D eigenvalue weighted by Gasteiger charge is 2.06. The summed E-state index contributed by atoms with van der Waals surface area (Å²) in [7, 11) is 0. The predicted octanol–water partition coefficient (Wildman–Crippen LogP) is 4.84. The van der Waals surface area contributed by atoms with E-state index in [1.165, 1.54) is 29.5 Å². The summed E-state index contributed by atoms with van der Waals surface area (Å²) in [6.45, 7) is 8.85. The fourth-order valence-electron chi connectivity index (χ4n) is 1.92. The smallest absolute Gasteiger partial charge is 0.0185 e. The standard InChI is InChI=1S/C15H22/c1-12(2)8-7-10-14(4)15-11-6-5-9-13(15)3/h5-6,8-9,11,14H,7,10H2,1-4H3. The first kappa shape index (κ1) is 12.0. The molecular weight excluding hydrogens is 180 g/mol. The molecule has 0 N–H and O–H groups in total. The first-order valence-electron chi connectivity index (χ1n) is 5.80. The third-order valence-electron chi connectivity index (χ3n) is 2.87. The van der Waals surface area contributed by atoms with Crippen molar-refractivity contribution < 1.29 is 0 Å². The summed E-state index contributed by atoms with van der Waals surface area (Å²) in [6.07, 6.45) is 4.77. The second-order valence-electron chi connectivity index (χ2n) is 4.62. The minimum absolute atomic E-state index is 0.668. The molecule has 0 nitrogen and oxygen atoms in total. The lowest BCUT2D eigenvalue weighted by Crippen LogP contribution is -1.95. The average molecular weight is 202 g/mol. The normalized spacial score (nSPS) is 12.3. The SMILES string of the molecule is CC(C)=CCCC(C)c1ccccc1C. The second-order valence-corrected chi connectivity index (χ2v) is 4.62. The molecule has 1 aromatic rings. The van der Waals surface area contributed by atoms with Crippen LogP contribution in [0.15, 0.2) is 35.9 Å². The van der Waals surface area contributed by atoms with Crippen molar-refractivity contribution in [2.45, 2.75) is 46.5 Å². The minimum atomic E-state index is 0.668. The molecule has 0 heterocycles. The fraction of sp³-hybridized carbons (Fsp3) is 0.467. The maximum absolute atomic E-state index is 2.33. The molecule has 0 heteroatoms. The molecule has 0 spiro atoms. The highest BCUT2D eigenvalue weighted by atomic mass is 14.1. The summed E-state index contributed by atoms with van der Waals surface area (Å²) >= 11 is 0. The second kappa shape index (κ2) is 5.75. The van der Waals surface area contributed by atoms with Gasteiger partial charge in [-0.3, -0.25) is 0 Å². The molecule has 0 amide bonds. The van der Waals surface area contributed by atoms with E-state index in [0.29, 0.717) is 5.92 Å². The molecule has 1 atom stereocenters. The van der Waals surface area contributed by atoms with Crippen molar-refractivity contribution in [3.8, 4) is 0 Å². The van der Waals surface area contributed by atoms with Gasteiger partial charge in [0.2, 0.25) is 0 Å². The number of hydrogen-bond acceptors (Lipinski definition) is 0. The van der Waals surface area contributed by atoms with Gasteiger partial charge in [-0.25, -0.2) is 0 Å². The summed E-state index contributed by atoms with van der Waals surface area (Å²) in [5, 5.41) is 0. The van der Waals surface area contributed by atoms with E-state index in [1.807, 2.05) is 0 Å². The lowest BCUT2D eigenvalue weighted by molar-refractivity contribution is 0.685. The van der Waals surface area contributed by atoms with Crippen molar-refractivity contribution in [2.75, 3.05) is 0 Å². The third kappa shape index (κ3) is 3.91. The Bertz CT molecular complexity index is 330. The zero-order chi connectivity index (χ0) is 11.3. The van der Waals surface area contributed by atoms with Crippen molar-refractivity contribution in [1.82, 2.24) is 0 Å². The Morgan fingerprint density at radius 1 is 1.27 bits per heavy atom. The Kier molecular flexibility index (Phi) is 4.61. The van der Waals surface area contributed by atoms with E-state index >= 15 is 0 Å². The molecule has 1 aromatic carbocycles. The lowest BCUT2D eigenvalue weighted by Gasteiger charge is -2.13. The summed E-state index contributed by atoms with van der Waals surface area (Å²) in [6, 6.07) is 8.71. The Morgan fingerprint density at radius 2 is 1.93 bits per heavy atom. The van der Waals surface area contributed by atoms with E-state index < -0.39 is 0 Å². The van der Waals surface area contributed by atoms with Crippen LogP contribution in [-0.2, 0) is 0 Å². The van der Waals surface area contributed by atoms with E-state index in [2.05, 4.69) is 58.0 Å². The van der Waals surface area contributed by atoms with Crippen molar-refractivity contribution in [3.05, 3.63) is 47.0 Å². The minimum Gasteiger partial charge on any atom is -0.0859 e. The number of aryl methyl sites for hydroxylation is 1. The number of benzene rings is 1. The quantitative estimate of drug-likeness (QED) is 0.612. The van der Waals surface area contributed by atoms with E-state index in [0.717, 1.165) is 0 Å². The van der Waals surface area contributed by atoms with Crippen LogP contribution in [0.3, 0.4) is 0 Å². The van der Waals surface area contributed by atoms with Gasteiger partial charge in [-0.2, -0.15) is 0 Å². The average Bonchev–Trinajstić information content (AvgIpc) is 2.17. The molecule has 0 aromatic heterocycles. The first-order valence-corrected chi connectivity index (χ1v) is 5.80. The zero-order valence-corrected chi connectivity index (χ0v) is 10.4. The summed E-state index contributed by atoms with van der Waals surface area (Å²) in [5.41, 5.74) is 4.34. The molecule has 1 rings (SSSR count). The number of hydrogen-bond donors (Lipinski definition) is 0. The molecule has 0 radical (unpaired) electrons. The molecule has 0 fully saturated rings. The molecule has 0 bridgehead atoms. The van der Waals surface area contributed by atoms with Gasteiger partial charge in [0.1, 0.15) is 0 Å². The Balaban J connectivity index is 2.58. The zero-order valence-electron chi connectivity index (χ0n) is 10.4. The van der Waals surface area contributed by atoms with Gasteiger partial charge in [0.25, 0.3) is 0 Å². The molecule has 0 aliphatic heterocycles. The van der Waals surface area contributed by atoms with Gasteiger partial charge in [-0.1, -0.05) is 42.8 Å². The topological polar surface area (TPSA) is 0 Å². The predicted molar refractivity (Wildman–Crippen MR) is 68.3 cm³/mol. The van der Waals surface area contributed by atoms with Crippen LogP contribution in [0.1, 0.15) is 50.7 Å². The Labute approximate surface area is 94.0 Å². The van der Waals surface area contributed by atoms with E-state index in [9.17, 15) is 0 Å². The lowest BCUT2D eigenvalue weighted by atomic mass is 9.92. The van der Waals surface area contributed by atoms with E-state index in [4.69, 9.17) is 0 Å². The van der Waals surface area contributed by atoms with Crippen molar-refractivity contribution >= 4 is 0 Å². The first-order chi connectivity index (χ1) is 7.11. The van der Waals surface area contributed by atoms with Crippen LogP contribution >= 0.6 is 0 Å². The maximum atomic E-state index is 2.33. The molecule has 0 saturated heterocycles. The molecule has 82 valence electrons. The molecule has 1 unspecified atom stereocenters. The van der Waals surface area contributed by atoms with Crippen LogP contribution in [-0.4, -0.2) is 0 Å². The van der Waals surface area contributed by atoms with E-state index in [-0.39, 0.29) is 0 Å². The maximum Gasteiger partial charge on any atom is -0.0185 e. The summed E-state index contributed by atoms with van der Waals surface area (Å²) in [5.74, 6) is 0.668. The van der Waals surface area contributed by atoms with Crippen LogP contribution in [0, 0.1) is 6.92 Å². The Hall–Kier alpha value is -1.04. The fourth-order valence-corrected chi connectivity index (χ4v) is 1.92. The molecule has 0 aliphatic rings. The monoisotopic (exact) mass is 202 g/mol. The molecule has 0 aliphatic carbocycles. The van der Waals surface area contributed by atoms with Gasteiger partial charge in [-0.05, 0) is 50.7 Å². The highest BCUT2D eigenvalue weighted by molar-refractivity contribution is 5.28. The van der Waals surface area contributed by atoms with Crippen LogP contribution in [0.4, 0.5) is 0 Å². The third-order valence-corrected chi connectivity index (χ3v) is 2.87. The van der Waals surface area contributed by atoms with Gasteiger partial charge in [0, 0.05) is 0 Å². The summed E-state index contributed by atoms with van der Waals surface area (Å²) < 4.78 is 0. The highest BCUT2D eigenvalue weighted by Crippen LogP contribution is 2.23. The van der Waals surface area contributed by atoms with Gasteiger partial charge >= 0.3 is 0 Å². The number of allylic oxidation sites excluding steroid dienone is 2. The van der Waals surface area contributed by atoms with Gasteiger partial charge in [0.05, 0.1) is 0 Å². The van der Waals surface area contributed by atoms with Crippen LogP contribution in [0.2, 0.25) is 0 Å². The molecular formula is C15H22. The van der Waals surface area contributed by atoms with Crippen LogP contribution in [0.25, 0.3) is 0 Å². The van der Waals surface area contributed by atoms with Crippen molar-refractivity contribution in [3.63, 3.8) is 0 Å². The van der Waals surface area contributed by atoms with E-state index in [1.54, 1.807) is 0 Å². The summed E-state index contributed by atoms with van der Waals surface area (Å²) in [4.78, 5) is 0. The Morgan fingerprint density at radius 3 is 2.53 bits per heavy atom. The van der Waals surface area contributed by atoms with Gasteiger partial charge < -0.3 is 0 Å². The van der Waals surface area contributed by atoms with Gasteiger partial charge in [-0.15, -0.1) is 0 Å². The molecule has 15 heavy (non-hydrogen) atoms. The van der Waals surface area contributed by atoms with Crippen molar-refractivity contribution in [1.29, 1.82) is 0 Å². The molecule has 0 saturated carbocycles. The van der Waals surface area contributed by atoms with Crippen LogP contribution < -0.4 is 0 Å². The largest absolute Gasteiger partial charge is 0.0859 e.